The van der Waals surface area contributed by atoms with Crippen LogP contribution in [0.2, 0.25) is 0 Å². The van der Waals surface area contributed by atoms with Gasteiger partial charge in [-0.25, -0.2) is 0 Å². The number of hydrogen-bond donors (Lipinski definition) is 1. The van der Waals surface area contributed by atoms with E-state index in [1.165, 1.54) is 12.1 Å². The van der Waals surface area contributed by atoms with Gasteiger partial charge in [0.05, 0.1) is 5.56 Å². The summed E-state index contributed by atoms with van der Waals surface area (Å²) >= 11 is 0. The number of halogens is 3. The van der Waals surface area contributed by atoms with Gasteiger partial charge in [-0.1, -0.05) is 18.2 Å². The number of benzene rings is 1. The third kappa shape index (κ3) is 3.99. The minimum atomic E-state index is -4.31. The summed E-state index contributed by atoms with van der Waals surface area (Å²) in [6.07, 6.45) is -2.99. The van der Waals surface area contributed by atoms with E-state index < -0.39 is 11.7 Å². The lowest BCUT2D eigenvalue weighted by atomic mass is 9.96. The maximum atomic E-state index is 12.9. The van der Waals surface area contributed by atoms with Gasteiger partial charge < -0.3 is 10.1 Å². The Kier molecular flexibility index (Phi) is 5.62. The summed E-state index contributed by atoms with van der Waals surface area (Å²) in [6.45, 7) is 0.548. The molecule has 0 fully saturated rings. The Bertz CT molecular complexity index is 365. The van der Waals surface area contributed by atoms with E-state index in [1.807, 2.05) is 0 Å². The molecule has 0 amide bonds. The Morgan fingerprint density at radius 2 is 1.94 bits per heavy atom. The molecule has 1 N–H and O–H groups in total. The molecule has 0 aliphatic carbocycles. The molecule has 102 valence electrons. The Morgan fingerprint density at radius 3 is 2.50 bits per heavy atom. The van der Waals surface area contributed by atoms with Crippen molar-refractivity contribution in [3.63, 3.8) is 0 Å². The highest BCUT2D eigenvalue weighted by atomic mass is 19.4. The SMILES string of the molecule is CNC(CCCOC)c1ccccc1C(F)(F)F. The van der Waals surface area contributed by atoms with Crippen molar-refractivity contribution in [2.75, 3.05) is 20.8 Å². The third-order valence-corrected chi connectivity index (χ3v) is 2.83. The van der Waals surface area contributed by atoms with Crippen LogP contribution in [0, 0.1) is 0 Å². The largest absolute Gasteiger partial charge is 0.416 e. The van der Waals surface area contributed by atoms with Crippen molar-refractivity contribution in [2.24, 2.45) is 0 Å². The van der Waals surface area contributed by atoms with Gasteiger partial charge >= 0.3 is 6.18 Å². The fourth-order valence-corrected chi connectivity index (χ4v) is 1.95. The highest BCUT2D eigenvalue weighted by Crippen LogP contribution is 2.35. The summed E-state index contributed by atoms with van der Waals surface area (Å²) in [4.78, 5) is 0. The van der Waals surface area contributed by atoms with Crippen molar-refractivity contribution < 1.29 is 17.9 Å². The van der Waals surface area contributed by atoms with Gasteiger partial charge in [0.2, 0.25) is 0 Å². The molecule has 0 aromatic heterocycles. The molecule has 18 heavy (non-hydrogen) atoms. The standard InChI is InChI=1S/C13H18F3NO/c1-17-12(8-5-9-18-2)10-6-3-4-7-11(10)13(14,15)16/h3-4,6-7,12,17H,5,8-9H2,1-2H3. The third-order valence-electron chi connectivity index (χ3n) is 2.83. The minimum Gasteiger partial charge on any atom is -0.385 e. The van der Waals surface area contributed by atoms with E-state index in [0.29, 0.717) is 25.0 Å². The summed E-state index contributed by atoms with van der Waals surface area (Å²) in [5.74, 6) is 0. The van der Waals surface area contributed by atoms with Crippen molar-refractivity contribution in [1.29, 1.82) is 0 Å². The second-order valence-electron chi connectivity index (χ2n) is 4.06. The predicted molar refractivity (Wildman–Crippen MR) is 64.4 cm³/mol. The Labute approximate surface area is 105 Å². The fraction of sp³-hybridized carbons (Fsp3) is 0.538. The van der Waals surface area contributed by atoms with Gasteiger partial charge in [-0.15, -0.1) is 0 Å². The van der Waals surface area contributed by atoms with Crippen LogP contribution in [0.4, 0.5) is 13.2 Å². The molecule has 1 unspecified atom stereocenters. The van der Waals surface area contributed by atoms with Crippen LogP contribution < -0.4 is 5.32 Å². The van der Waals surface area contributed by atoms with E-state index in [9.17, 15) is 13.2 Å². The number of ether oxygens (including phenoxy) is 1. The fourth-order valence-electron chi connectivity index (χ4n) is 1.95. The molecule has 0 saturated carbocycles. The first-order chi connectivity index (χ1) is 8.50. The highest BCUT2D eigenvalue weighted by molar-refractivity contribution is 5.32. The minimum absolute atomic E-state index is 0.295. The molecule has 0 radical (unpaired) electrons. The summed E-state index contributed by atoms with van der Waals surface area (Å²) in [5, 5.41) is 2.93. The van der Waals surface area contributed by atoms with Crippen LogP contribution in [0.3, 0.4) is 0 Å². The Balaban J connectivity index is 2.91. The second kappa shape index (κ2) is 6.75. The molecule has 1 rings (SSSR count). The van der Waals surface area contributed by atoms with Gasteiger partial charge in [-0.05, 0) is 31.5 Å². The van der Waals surface area contributed by atoms with Crippen LogP contribution in [-0.2, 0) is 10.9 Å². The molecule has 0 bridgehead atoms. The molecule has 0 aliphatic rings. The predicted octanol–water partition coefficient (Wildman–Crippen LogP) is 3.39. The number of alkyl halides is 3. The van der Waals surface area contributed by atoms with Gasteiger partial charge in [0.25, 0.3) is 0 Å². The van der Waals surface area contributed by atoms with Crippen molar-refractivity contribution in [1.82, 2.24) is 5.32 Å². The normalized spacial score (nSPS) is 13.6. The van der Waals surface area contributed by atoms with Crippen LogP contribution in [0.25, 0.3) is 0 Å². The molecule has 0 heterocycles. The maximum absolute atomic E-state index is 12.9. The van der Waals surface area contributed by atoms with Crippen LogP contribution in [0.15, 0.2) is 24.3 Å². The van der Waals surface area contributed by atoms with E-state index >= 15 is 0 Å². The summed E-state index contributed by atoms with van der Waals surface area (Å²) < 4.78 is 43.6. The zero-order valence-electron chi connectivity index (χ0n) is 10.6. The first kappa shape index (κ1) is 15.0. The Hall–Kier alpha value is -1.07. The van der Waals surface area contributed by atoms with Crippen LogP contribution in [-0.4, -0.2) is 20.8 Å². The monoisotopic (exact) mass is 261 g/mol. The van der Waals surface area contributed by atoms with Gasteiger partial charge in [0, 0.05) is 19.8 Å². The average Bonchev–Trinajstić information content (AvgIpc) is 2.34. The second-order valence-corrected chi connectivity index (χ2v) is 4.06. The topological polar surface area (TPSA) is 21.3 Å². The van der Waals surface area contributed by atoms with Crippen LogP contribution in [0.5, 0.6) is 0 Å². The number of nitrogens with one attached hydrogen (secondary N) is 1. The first-order valence-corrected chi connectivity index (χ1v) is 5.83. The molecule has 0 saturated heterocycles. The molecular formula is C13H18F3NO. The van der Waals surface area contributed by atoms with E-state index in [1.54, 1.807) is 20.2 Å². The summed E-state index contributed by atoms with van der Waals surface area (Å²) in [6, 6.07) is 5.38. The zero-order valence-corrected chi connectivity index (χ0v) is 10.6. The molecule has 0 aliphatic heterocycles. The number of rotatable bonds is 6. The van der Waals surface area contributed by atoms with E-state index in [4.69, 9.17) is 4.74 Å². The van der Waals surface area contributed by atoms with E-state index in [0.717, 1.165) is 6.07 Å². The molecular weight excluding hydrogens is 243 g/mol. The van der Waals surface area contributed by atoms with Crippen LogP contribution in [0.1, 0.15) is 30.0 Å². The quantitative estimate of drug-likeness (QED) is 0.792. The lowest BCUT2D eigenvalue weighted by molar-refractivity contribution is -0.138. The number of hydrogen-bond acceptors (Lipinski definition) is 2. The van der Waals surface area contributed by atoms with E-state index in [2.05, 4.69) is 5.32 Å². The van der Waals surface area contributed by atoms with Crippen LogP contribution >= 0.6 is 0 Å². The molecule has 1 atom stereocenters. The lowest BCUT2D eigenvalue weighted by Crippen LogP contribution is -2.21. The van der Waals surface area contributed by atoms with E-state index in [-0.39, 0.29) is 6.04 Å². The highest BCUT2D eigenvalue weighted by Gasteiger charge is 2.34. The molecule has 2 nitrogen and oxygen atoms in total. The lowest BCUT2D eigenvalue weighted by Gasteiger charge is -2.21. The number of methoxy groups -OCH3 is 1. The smallest absolute Gasteiger partial charge is 0.385 e. The molecule has 1 aromatic carbocycles. The molecule has 0 spiro atoms. The van der Waals surface area contributed by atoms with Crippen molar-refractivity contribution in [2.45, 2.75) is 25.1 Å². The molecule has 1 aromatic rings. The van der Waals surface area contributed by atoms with Crippen molar-refractivity contribution >= 4 is 0 Å². The van der Waals surface area contributed by atoms with Crippen molar-refractivity contribution in [3.05, 3.63) is 35.4 Å². The Morgan fingerprint density at radius 1 is 1.28 bits per heavy atom. The van der Waals surface area contributed by atoms with Gasteiger partial charge in [0.15, 0.2) is 0 Å². The maximum Gasteiger partial charge on any atom is 0.416 e. The van der Waals surface area contributed by atoms with Gasteiger partial charge in [-0.2, -0.15) is 13.2 Å². The zero-order chi connectivity index (χ0) is 13.6. The summed E-state index contributed by atoms with van der Waals surface area (Å²) in [5.41, 5.74) is -0.273. The average molecular weight is 261 g/mol. The molecule has 5 heteroatoms. The van der Waals surface area contributed by atoms with Gasteiger partial charge in [-0.3, -0.25) is 0 Å². The summed E-state index contributed by atoms with van der Waals surface area (Å²) in [7, 11) is 3.25. The first-order valence-electron chi connectivity index (χ1n) is 5.83. The van der Waals surface area contributed by atoms with Crippen molar-refractivity contribution in [3.8, 4) is 0 Å². The van der Waals surface area contributed by atoms with Gasteiger partial charge in [0.1, 0.15) is 0 Å².